The first kappa shape index (κ1) is 13.8. The van der Waals surface area contributed by atoms with Gasteiger partial charge >= 0.3 is 0 Å². The molecular formula is C14H22BrN3. The summed E-state index contributed by atoms with van der Waals surface area (Å²) in [5.41, 5.74) is 8.36. The van der Waals surface area contributed by atoms with Crippen molar-refractivity contribution in [1.29, 1.82) is 0 Å². The van der Waals surface area contributed by atoms with Crippen molar-refractivity contribution in [3.8, 4) is 0 Å². The van der Waals surface area contributed by atoms with Crippen LogP contribution in [0.3, 0.4) is 0 Å². The van der Waals surface area contributed by atoms with E-state index in [0.717, 1.165) is 24.1 Å². The highest BCUT2D eigenvalue weighted by Gasteiger charge is 2.22. The topological polar surface area (TPSA) is 32.5 Å². The Hall–Kier alpha value is -0.580. The van der Waals surface area contributed by atoms with Crippen LogP contribution >= 0.6 is 15.9 Å². The van der Waals surface area contributed by atoms with Crippen LogP contribution in [-0.2, 0) is 0 Å². The zero-order valence-corrected chi connectivity index (χ0v) is 12.9. The van der Waals surface area contributed by atoms with E-state index in [-0.39, 0.29) is 6.04 Å². The first-order valence-electron chi connectivity index (χ1n) is 6.49. The fraction of sp³-hybridized carbons (Fsp3) is 0.571. The molecule has 4 heteroatoms. The number of piperazine rings is 1. The van der Waals surface area contributed by atoms with Crippen LogP contribution in [0.5, 0.6) is 0 Å². The van der Waals surface area contributed by atoms with Crippen molar-refractivity contribution >= 4 is 21.6 Å². The van der Waals surface area contributed by atoms with E-state index in [9.17, 15) is 0 Å². The minimum atomic E-state index is 0.0850. The lowest BCUT2D eigenvalue weighted by Crippen LogP contribution is -2.50. The number of nitrogens with two attached hydrogens (primary N) is 1. The maximum absolute atomic E-state index is 5.91. The number of likely N-dealkylation sites (N-methyl/N-ethyl adjacent to an activating group) is 1. The third-order valence-corrected chi connectivity index (χ3v) is 4.43. The Morgan fingerprint density at radius 3 is 2.67 bits per heavy atom. The molecule has 0 aromatic heterocycles. The van der Waals surface area contributed by atoms with Gasteiger partial charge in [-0.25, -0.2) is 0 Å². The quantitative estimate of drug-likeness (QED) is 0.911. The molecule has 1 fully saturated rings. The minimum absolute atomic E-state index is 0.0850. The summed E-state index contributed by atoms with van der Waals surface area (Å²) in [4.78, 5) is 4.85. The summed E-state index contributed by atoms with van der Waals surface area (Å²) in [6, 6.07) is 7.14. The van der Waals surface area contributed by atoms with Crippen molar-refractivity contribution in [3.05, 3.63) is 28.2 Å². The molecule has 1 aromatic rings. The molecular weight excluding hydrogens is 290 g/mol. The van der Waals surface area contributed by atoms with Crippen LogP contribution in [0.15, 0.2) is 22.7 Å². The van der Waals surface area contributed by atoms with Gasteiger partial charge < -0.3 is 15.5 Å². The molecule has 0 aliphatic carbocycles. The Morgan fingerprint density at radius 2 is 2.11 bits per heavy atom. The predicted molar refractivity (Wildman–Crippen MR) is 81.0 cm³/mol. The smallest absolute Gasteiger partial charge is 0.0511 e. The van der Waals surface area contributed by atoms with Crippen LogP contribution in [0.4, 0.5) is 5.69 Å². The SMILES string of the molecule is CC1CN(c2ccc([C@H](C)N)cc2Br)CCN1C. The van der Waals surface area contributed by atoms with Gasteiger partial charge in [0, 0.05) is 36.2 Å². The summed E-state index contributed by atoms with van der Waals surface area (Å²) in [6.07, 6.45) is 0. The van der Waals surface area contributed by atoms with E-state index in [1.807, 2.05) is 6.92 Å². The molecule has 0 radical (unpaired) electrons. The van der Waals surface area contributed by atoms with Gasteiger partial charge in [-0.15, -0.1) is 0 Å². The number of hydrogen-bond donors (Lipinski definition) is 1. The van der Waals surface area contributed by atoms with Gasteiger partial charge in [0.05, 0.1) is 5.69 Å². The number of hydrogen-bond acceptors (Lipinski definition) is 3. The van der Waals surface area contributed by atoms with Crippen molar-refractivity contribution < 1.29 is 0 Å². The molecule has 0 bridgehead atoms. The number of rotatable bonds is 2. The van der Waals surface area contributed by atoms with E-state index in [1.165, 1.54) is 11.3 Å². The van der Waals surface area contributed by atoms with Gasteiger partial charge in [0.1, 0.15) is 0 Å². The molecule has 1 saturated heterocycles. The highest BCUT2D eigenvalue weighted by atomic mass is 79.9. The van der Waals surface area contributed by atoms with Gasteiger partial charge in [0.15, 0.2) is 0 Å². The normalized spacial score (nSPS) is 23.2. The standard InChI is InChI=1S/C14H22BrN3/c1-10-9-18(7-6-17(10)3)14-5-4-12(11(2)16)8-13(14)15/h4-5,8,10-11H,6-7,9,16H2,1-3H3/t10?,11-/m0/s1. The maximum atomic E-state index is 5.91. The van der Waals surface area contributed by atoms with Crippen LogP contribution < -0.4 is 10.6 Å². The van der Waals surface area contributed by atoms with Gasteiger partial charge in [0.25, 0.3) is 0 Å². The molecule has 2 atom stereocenters. The Bertz CT molecular complexity index is 420. The summed E-state index contributed by atoms with van der Waals surface area (Å²) in [5, 5.41) is 0. The largest absolute Gasteiger partial charge is 0.368 e. The summed E-state index contributed by atoms with van der Waals surface area (Å²) < 4.78 is 1.15. The Labute approximate surface area is 118 Å². The molecule has 3 nitrogen and oxygen atoms in total. The lowest BCUT2D eigenvalue weighted by atomic mass is 10.1. The first-order valence-corrected chi connectivity index (χ1v) is 7.28. The summed E-state index contributed by atoms with van der Waals surface area (Å²) in [5.74, 6) is 0. The van der Waals surface area contributed by atoms with E-state index in [0.29, 0.717) is 6.04 Å². The van der Waals surface area contributed by atoms with Crippen LogP contribution in [0.1, 0.15) is 25.5 Å². The zero-order valence-electron chi connectivity index (χ0n) is 11.4. The first-order chi connectivity index (χ1) is 8.49. The average Bonchev–Trinajstić information content (AvgIpc) is 2.32. The molecule has 1 unspecified atom stereocenters. The molecule has 1 aliphatic heterocycles. The van der Waals surface area contributed by atoms with E-state index >= 15 is 0 Å². The van der Waals surface area contributed by atoms with Gasteiger partial charge in [-0.05, 0) is 54.5 Å². The Morgan fingerprint density at radius 1 is 1.39 bits per heavy atom. The van der Waals surface area contributed by atoms with Crippen molar-refractivity contribution in [2.24, 2.45) is 5.73 Å². The second-order valence-electron chi connectivity index (χ2n) is 5.28. The van der Waals surface area contributed by atoms with E-state index < -0.39 is 0 Å². The molecule has 2 rings (SSSR count). The van der Waals surface area contributed by atoms with E-state index in [1.54, 1.807) is 0 Å². The van der Waals surface area contributed by atoms with Crippen molar-refractivity contribution in [1.82, 2.24) is 4.90 Å². The molecule has 0 spiro atoms. The van der Waals surface area contributed by atoms with Crippen molar-refractivity contribution in [2.75, 3.05) is 31.6 Å². The minimum Gasteiger partial charge on any atom is -0.368 e. The van der Waals surface area contributed by atoms with Crippen molar-refractivity contribution in [2.45, 2.75) is 25.9 Å². The number of nitrogens with zero attached hydrogens (tertiary/aromatic N) is 2. The summed E-state index contributed by atoms with van der Waals surface area (Å²) in [7, 11) is 2.19. The van der Waals surface area contributed by atoms with Gasteiger partial charge in [0.2, 0.25) is 0 Å². The third kappa shape index (κ3) is 2.87. The number of anilines is 1. The maximum Gasteiger partial charge on any atom is 0.0511 e. The number of benzene rings is 1. The molecule has 18 heavy (non-hydrogen) atoms. The summed E-state index contributed by atoms with van der Waals surface area (Å²) in [6.45, 7) is 7.56. The molecule has 0 amide bonds. The number of halogens is 1. The predicted octanol–water partition coefficient (Wildman–Crippen LogP) is 2.61. The van der Waals surface area contributed by atoms with Crippen LogP contribution in [-0.4, -0.2) is 37.6 Å². The molecule has 1 aromatic carbocycles. The average molecular weight is 312 g/mol. The second kappa shape index (κ2) is 5.59. The zero-order chi connectivity index (χ0) is 13.3. The van der Waals surface area contributed by atoms with Gasteiger partial charge in [-0.2, -0.15) is 0 Å². The van der Waals surface area contributed by atoms with Crippen molar-refractivity contribution in [3.63, 3.8) is 0 Å². The fourth-order valence-corrected chi connectivity index (χ4v) is 2.98. The fourth-order valence-electron chi connectivity index (χ4n) is 2.33. The highest BCUT2D eigenvalue weighted by molar-refractivity contribution is 9.10. The molecule has 100 valence electrons. The monoisotopic (exact) mass is 311 g/mol. The Balaban J connectivity index is 2.19. The van der Waals surface area contributed by atoms with E-state index in [2.05, 4.69) is 57.9 Å². The van der Waals surface area contributed by atoms with Crippen LogP contribution in [0.2, 0.25) is 0 Å². The van der Waals surface area contributed by atoms with E-state index in [4.69, 9.17) is 5.73 Å². The highest BCUT2D eigenvalue weighted by Crippen LogP contribution is 2.30. The summed E-state index contributed by atoms with van der Waals surface area (Å²) >= 11 is 3.68. The molecule has 0 saturated carbocycles. The lowest BCUT2D eigenvalue weighted by molar-refractivity contribution is 0.234. The lowest BCUT2D eigenvalue weighted by Gasteiger charge is -2.39. The molecule has 2 N–H and O–H groups in total. The van der Waals surface area contributed by atoms with Crippen LogP contribution in [0, 0.1) is 0 Å². The van der Waals surface area contributed by atoms with Gasteiger partial charge in [-0.3, -0.25) is 0 Å². The molecule has 1 aliphatic rings. The van der Waals surface area contributed by atoms with Gasteiger partial charge in [-0.1, -0.05) is 6.07 Å². The third-order valence-electron chi connectivity index (χ3n) is 3.80. The van der Waals surface area contributed by atoms with Crippen LogP contribution in [0.25, 0.3) is 0 Å². The second-order valence-corrected chi connectivity index (χ2v) is 6.13. The molecule has 1 heterocycles. The Kier molecular flexibility index (Phi) is 4.30.